The van der Waals surface area contributed by atoms with Gasteiger partial charge >= 0.3 is 0 Å². The minimum atomic E-state index is -0.247. The van der Waals surface area contributed by atoms with Gasteiger partial charge in [0.05, 0.1) is 13.2 Å². The molecule has 17 heavy (non-hydrogen) atoms. The van der Waals surface area contributed by atoms with Gasteiger partial charge in [0.15, 0.2) is 0 Å². The minimum absolute atomic E-state index is 0.247. The lowest BCUT2D eigenvalue weighted by molar-refractivity contribution is 0.160. The van der Waals surface area contributed by atoms with Gasteiger partial charge < -0.3 is 9.84 Å². The van der Waals surface area contributed by atoms with Crippen molar-refractivity contribution >= 4 is 0 Å². The topological polar surface area (TPSA) is 29.5 Å². The van der Waals surface area contributed by atoms with E-state index in [9.17, 15) is 5.11 Å². The normalized spacial score (nSPS) is 12.4. The Morgan fingerprint density at radius 3 is 2.65 bits per heavy atom. The Kier molecular flexibility index (Phi) is 6.71. The molecule has 0 amide bonds. The van der Waals surface area contributed by atoms with Crippen molar-refractivity contribution in [2.45, 2.75) is 51.6 Å². The molecule has 2 heteroatoms. The van der Waals surface area contributed by atoms with E-state index in [1.54, 1.807) is 7.11 Å². The van der Waals surface area contributed by atoms with Crippen molar-refractivity contribution in [3.8, 4) is 5.75 Å². The van der Waals surface area contributed by atoms with Crippen LogP contribution in [0, 0.1) is 0 Å². The number of rotatable bonds is 8. The second-order valence-corrected chi connectivity index (χ2v) is 4.52. The first-order chi connectivity index (χ1) is 8.27. The summed E-state index contributed by atoms with van der Waals surface area (Å²) in [5, 5.41) is 9.97. The number of methoxy groups -OCH3 is 1. The largest absolute Gasteiger partial charge is 0.496 e. The number of ether oxygens (including phenoxy) is 1. The molecule has 0 unspecified atom stereocenters. The van der Waals surface area contributed by atoms with Crippen molar-refractivity contribution < 1.29 is 9.84 Å². The molecule has 0 heterocycles. The molecular formula is C15H24O2. The number of para-hydroxylation sites is 1. The fraction of sp³-hybridized carbons (Fsp3) is 0.600. The van der Waals surface area contributed by atoms with E-state index >= 15 is 0 Å². The first kappa shape index (κ1) is 14.0. The SMILES string of the molecule is CCCCCC[C@@H](O)Cc1ccccc1OC. The summed E-state index contributed by atoms with van der Waals surface area (Å²) in [6, 6.07) is 7.91. The molecule has 0 saturated heterocycles. The van der Waals surface area contributed by atoms with Crippen LogP contribution in [0.2, 0.25) is 0 Å². The number of aliphatic hydroxyl groups is 1. The van der Waals surface area contributed by atoms with Gasteiger partial charge in [0, 0.05) is 6.42 Å². The van der Waals surface area contributed by atoms with E-state index in [0.29, 0.717) is 6.42 Å². The summed E-state index contributed by atoms with van der Waals surface area (Å²) in [7, 11) is 1.67. The van der Waals surface area contributed by atoms with Gasteiger partial charge in [0.2, 0.25) is 0 Å². The lowest BCUT2D eigenvalue weighted by atomic mass is 10.0. The van der Waals surface area contributed by atoms with Crippen LogP contribution < -0.4 is 4.74 Å². The zero-order chi connectivity index (χ0) is 12.5. The van der Waals surface area contributed by atoms with Crippen LogP contribution in [0.4, 0.5) is 0 Å². The van der Waals surface area contributed by atoms with E-state index in [-0.39, 0.29) is 6.10 Å². The maximum absolute atomic E-state index is 9.97. The fourth-order valence-electron chi connectivity index (χ4n) is 2.03. The van der Waals surface area contributed by atoms with E-state index in [1.165, 1.54) is 19.3 Å². The van der Waals surface area contributed by atoms with E-state index in [1.807, 2.05) is 24.3 Å². The van der Waals surface area contributed by atoms with Gasteiger partial charge in [-0.2, -0.15) is 0 Å². The van der Waals surface area contributed by atoms with Crippen molar-refractivity contribution in [3.05, 3.63) is 29.8 Å². The average molecular weight is 236 g/mol. The Bertz CT molecular complexity index is 310. The molecule has 0 spiro atoms. The van der Waals surface area contributed by atoms with E-state index in [2.05, 4.69) is 6.92 Å². The molecule has 1 N–H and O–H groups in total. The first-order valence-corrected chi connectivity index (χ1v) is 6.58. The number of hydrogen-bond donors (Lipinski definition) is 1. The highest BCUT2D eigenvalue weighted by molar-refractivity contribution is 5.33. The third-order valence-electron chi connectivity index (χ3n) is 3.04. The summed E-state index contributed by atoms with van der Waals surface area (Å²) in [6.07, 6.45) is 6.17. The summed E-state index contributed by atoms with van der Waals surface area (Å²) >= 11 is 0. The molecule has 0 aliphatic carbocycles. The van der Waals surface area contributed by atoms with Crippen LogP contribution in [0.25, 0.3) is 0 Å². The molecule has 0 saturated carbocycles. The van der Waals surface area contributed by atoms with Crippen LogP contribution in [-0.4, -0.2) is 18.3 Å². The molecule has 0 fully saturated rings. The summed E-state index contributed by atoms with van der Waals surface area (Å²) < 4.78 is 5.28. The van der Waals surface area contributed by atoms with Gasteiger partial charge in [-0.05, 0) is 18.1 Å². The molecule has 1 rings (SSSR count). The molecule has 1 aromatic carbocycles. The summed E-state index contributed by atoms with van der Waals surface area (Å²) in [5.74, 6) is 0.875. The molecule has 1 atom stereocenters. The number of benzene rings is 1. The Morgan fingerprint density at radius 2 is 1.94 bits per heavy atom. The Morgan fingerprint density at radius 1 is 1.18 bits per heavy atom. The Balaban J connectivity index is 2.36. The Labute approximate surface area is 105 Å². The second kappa shape index (κ2) is 8.13. The zero-order valence-corrected chi connectivity index (χ0v) is 11.0. The molecule has 96 valence electrons. The first-order valence-electron chi connectivity index (χ1n) is 6.58. The number of unbranched alkanes of at least 4 members (excludes halogenated alkanes) is 3. The van der Waals surface area contributed by atoms with Gasteiger partial charge in [0.1, 0.15) is 5.75 Å². The smallest absolute Gasteiger partial charge is 0.122 e. The van der Waals surface area contributed by atoms with Crippen LogP contribution in [0.3, 0.4) is 0 Å². The lowest BCUT2D eigenvalue weighted by Gasteiger charge is -2.13. The second-order valence-electron chi connectivity index (χ2n) is 4.52. The molecule has 1 aromatic rings. The van der Waals surface area contributed by atoms with Crippen molar-refractivity contribution in [2.75, 3.05) is 7.11 Å². The minimum Gasteiger partial charge on any atom is -0.496 e. The van der Waals surface area contributed by atoms with E-state index in [0.717, 1.165) is 24.2 Å². The standard InChI is InChI=1S/C15H24O2/c1-3-4-5-6-10-14(16)12-13-9-7-8-11-15(13)17-2/h7-9,11,14,16H,3-6,10,12H2,1-2H3/t14-/m1/s1. The van der Waals surface area contributed by atoms with Gasteiger partial charge in [-0.3, -0.25) is 0 Å². The molecule has 0 radical (unpaired) electrons. The maximum Gasteiger partial charge on any atom is 0.122 e. The highest BCUT2D eigenvalue weighted by atomic mass is 16.5. The monoisotopic (exact) mass is 236 g/mol. The van der Waals surface area contributed by atoms with Crippen molar-refractivity contribution in [3.63, 3.8) is 0 Å². The van der Waals surface area contributed by atoms with Crippen molar-refractivity contribution in [2.24, 2.45) is 0 Å². The zero-order valence-electron chi connectivity index (χ0n) is 11.0. The van der Waals surface area contributed by atoms with Crippen LogP contribution >= 0.6 is 0 Å². The highest BCUT2D eigenvalue weighted by Gasteiger charge is 2.08. The van der Waals surface area contributed by atoms with Crippen LogP contribution in [-0.2, 0) is 6.42 Å². The van der Waals surface area contributed by atoms with Crippen LogP contribution in [0.15, 0.2) is 24.3 Å². The van der Waals surface area contributed by atoms with Crippen LogP contribution in [0.5, 0.6) is 5.75 Å². The molecule has 2 nitrogen and oxygen atoms in total. The van der Waals surface area contributed by atoms with Gasteiger partial charge in [-0.1, -0.05) is 50.8 Å². The van der Waals surface area contributed by atoms with E-state index in [4.69, 9.17) is 4.74 Å². The molecule has 0 bridgehead atoms. The molecule has 0 aliphatic rings. The molecule has 0 aliphatic heterocycles. The molecular weight excluding hydrogens is 212 g/mol. The third kappa shape index (κ3) is 5.22. The summed E-state index contributed by atoms with van der Waals surface area (Å²) in [6.45, 7) is 2.20. The van der Waals surface area contributed by atoms with Crippen molar-refractivity contribution in [1.29, 1.82) is 0 Å². The number of hydrogen-bond acceptors (Lipinski definition) is 2. The summed E-state index contributed by atoms with van der Waals surface area (Å²) in [4.78, 5) is 0. The Hall–Kier alpha value is -1.02. The molecule has 0 aromatic heterocycles. The highest BCUT2D eigenvalue weighted by Crippen LogP contribution is 2.20. The summed E-state index contributed by atoms with van der Waals surface area (Å²) in [5.41, 5.74) is 1.10. The van der Waals surface area contributed by atoms with E-state index < -0.39 is 0 Å². The third-order valence-corrected chi connectivity index (χ3v) is 3.04. The quantitative estimate of drug-likeness (QED) is 0.699. The van der Waals surface area contributed by atoms with Gasteiger partial charge in [-0.25, -0.2) is 0 Å². The predicted molar refractivity (Wildman–Crippen MR) is 71.5 cm³/mol. The van der Waals surface area contributed by atoms with Gasteiger partial charge in [-0.15, -0.1) is 0 Å². The van der Waals surface area contributed by atoms with Crippen LogP contribution in [0.1, 0.15) is 44.6 Å². The predicted octanol–water partition coefficient (Wildman–Crippen LogP) is 3.57. The number of aliphatic hydroxyl groups excluding tert-OH is 1. The fourth-order valence-corrected chi connectivity index (χ4v) is 2.03. The van der Waals surface area contributed by atoms with Crippen molar-refractivity contribution in [1.82, 2.24) is 0 Å². The van der Waals surface area contributed by atoms with Gasteiger partial charge in [0.25, 0.3) is 0 Å². The lowest BCUT2D eigenvalue weighted by Crippen LogP contribution is -2.11. The maximum atomic E-state index is 9.97. The average Bonchev–Trinajstić information content (AvgIpc) is 2.35.